The standard InChI is InChI=1S/C28H44N2O9/c1-9-34-21-12-10-11-13-22(21)36-17-20-16-30(14-15-35-20)27(33)38-25(19(4)5)37-24(31)23(18(2)3)29-26(32)39-28(6,7)8/h10-13,18-20,23,25H,9,14-17H2,1-8H3,(H,29,32)/t20?,23-,25?/m1/s1. The van der Waals surface area contributed by atoms with Gasteiger partial charge in [0.25, 0.3) is 6.29 Å². The van der Waals surface area contributed by atoms with Crippen molar-refractivity contribution in [2.45, 2.75) is 79.4 Å². The fraction of sp³-hybridized carbons (Fsp3) is 0.679. The Morgan fingerprint density at radius 3 is 2.23 bits per heavy atom. The molecule has 2 amide bonds. The van der Waals surface area contributed by atoms with Gasteiger partial charge in [-0.25, -0.2) is 14.4 Å². The van der Waals surface area contributed by atoms with Gasteiger partial charge in [0.05, 0.1) is 19.8 Å². The van der Waals surface area contributed by atoms with Crippen LogP contribution in [0.25, 0.3) is 0 Å². The first-order valence-corrected chi connectivity index (χ1v) is 13.4. The molecule has 39 heavy (non-hydrogen) atoms. The van der Waals surface area contributed by atoms with E-state index in [1.807, 2.05) is 31.2 Å². The number of hydrogen-bond acceptors (Lipinski definition) is 9. The Hall–Kier alpha value is -3.21. The third-order valence-electron chi connectivity index (χ3n) is 5.56. The van der Waals surface area contributed by atoms with Gasteiger partial charge in [0.1, 0.15) is 24.4 Å². The van der Waals surface area contributed by atoms with Gasteiger partial charge in [-0.2, -0.15) is 0 Å². The lowest BCUT2D eigenvalue weighted by Gasteiger charge is -2.34. The number of esters is 1. The number of alkyl carbamates (subject to hydrolysis) is 1. The van der Waals surface area contributed by atoms with Gasteiger partial charge in [0, 0.05) is 12.5 Å². The summed E-state index contributed by atoms with van der Waals surface area (Å²) in [6.07, 6.45) is -2.90. The van der Waals surface area contributed by atoms with Crippen LogP contribution in [0.1, 0.15) is 55.4 Å². The molecule has 11 heteroatoms. The van der Waals surface area contributed by atoms with Crippen molar-refractivity contribution in [1.82, 2.24) is 10.2 Å². The summed E-state index contributed by atoms with van der Waals surface area (Å²) < 4.78 is 33.6. The van der Waals surface area contributed by atoms with Crippen molar-refractivity contribution in [3.63, 3.8) is 0 Å². The monoisotopic (exact) mass is 552 g/mol. The van der Waals surface area contributed by atoms with Crippen LogP contribution in [0.5, 0.6) is 11.5 Å². The van der Waals surface area contributed by atoms with Gasteiger partial charge in [-0.1, -0.05) is 39.8 Å². The zero-order valence-corrected chi connectivity index (χ0v) is 24.4. The van der Waals surface area contributed by atoms with Crippen LogP contribution in [0.4, 0.5) is 9.59 Å². The smallest absolute Gasteiger partial charge is 0.413 e. The lowest BCUT2D eigenvalue weighted by Crippen LogP contribution is -2.50. The number of nitrogens with one attached hydrogen (secondary N) is 1. The Kier molecular flexibility index (Phi) is 12.2. The number of rotatable bonds is 11. The molecule has 1 aromatic carbocycles. The van der Waals surface area contributed by atoms with Crippen molar-refractivity contribution < 1.29 is 42.8 Å². The summed E-state index contributed by atoms with van der Waals surface area (Å²) in [7, 11) is 0. The molecule has 1 aromatic rings. The summed E-state index contributed by atoms with van der Waals surface area (Å²) in [4.78, 5) is 39.7. The Morgan fingerprint density at radius 2 is 1.67 bits per heavy atom. The molecule has 11 nitrogen and oxygen atoms in total. The SMILES string of the molecule is CCOc1ccccc1OCC1CN(C(=O)OC(OC(=O)[C@H](NC(=O)OC(C)(C)C)C(C)C)C(C)C)CCO1. The van der Waals surface area contributed by atoms with Gasteiger partial charge in [0.15, 0.2) is 11.5 Å². The number of para-hydroxylation sites is 2. The maximum atomic E-state index is 13.0. The molecule has 0 aliphatic carbocycles. The van der Waals surface area contributed by atoms with Crippen LogP contribution < -0.4 is 14.8 Å². The molecule has 1 aliphatic heterocycles. The first kappa shape index (κ1) is 32.0. The van der Waals surface area contributed by atoms with Crippen molar-refractivity contribution in [2.75, 3.05) is 32.9 Å². The molecular weight excluding hydrogens is 508 g/mol. The normalized spacial score (nSPS) is 17.3. The van der Waals surface area contributed by atoms with E-state index in [1.54, 1.807) is 48.5 Å². The van der Waals surface area contributed by atoms with Gasteiger partial charge in [-0.3, -0.25) is 0 Å². The van der Waals surface area contributed by atoms with Crippen molar-refractivity contribution in [3.05, 3.63) is 24.3 Å². The van der Waals surface area contributed by atoms with E-state index in [1.165, 1.54) is 4.90 Å². The highest BCUT2D eigenvalue weighted by Gasteiger charge is 2.34. The molecule has 0 bridgehead atoms. The third kappa shape index (κ3) is 10.8. The average Bonchev–Trinajstić information content (AvgIpc) is 2.85. The van der Waals surface area contributed by atoms with Gasteiger partial charge in [-0.15, -0.1) is 0 Å². The minimum absolute atomic E-state index is 0.211. The number of amides is 2. The Balaban J connectivity index is 1.96. The van der Waals surface area contributed by atoms with Crippen LogP contribution in [-0.4, -0.2) is 80.0 Å². The van der Waals surface area contributed by atoms with Crippen LogP contribution in [-0.2, 0) is 23.7 Å². The molecule has 0 spiro atoms. The number of ether oxygens (including phenoxy) is 6. The molecule has 1 N–H and O–H groups in total. The molecule has 0 saturated carbocycles. The molecule has 220 valence electrons. The first-order valence-electron chi connectivity index (χ1n) is 13.4. The zero-order chi connectivity index (χ0) is 29.2. The van der Waals surface area contributed by atoms with E-state index in [0.717, 1.165) is 0 Å². The highest BCUT2D eigenvalue weighted by molar-refractivity contribution is 5.82. The molecule has 2 rings (SSSR count). The predicted molar refractivity (Wildman–Crippen MR) is 144 cm³/mol. The van der Waals surface area contributed by atoms with E-state index in [9.17, 15) is 14.4 Å². The second kappa shape index (κ2) is 14.8. The van der Waals surface area contributed by atoms with Crippen molar-refractivity contribution in [3.8, 4) is 11.5 Å². The van der Waals surface area contributed by atoms with E-state index in [4.69, 9.17) is 28.4 Å². The highest BCUT2D eigenvalue weighted by atomic mass is 16.7. The third-order valence-corrected chi connectivity index (χ3v) is 5.56. The molecule has 2 unspecified atom stereocenters. The van der Waals surface area contributed by atoms with Crippen LogP contribution in [0, 0.1) is 11.8 Å². The molecule has 0 aromatic heterocycles. The van der Waals surface area contributed by atoms with Gasteiger partial charge in [0.2, 0.25) is 0 Å². The van der Waals surface area contributed by atoms with E-state index in [0.29, 0.717) is 31.3 Å². The fourth-order valence-corrected chi connectivity index (χ4v) is 3.60. The van der Waals surface area contributed by atoms with Crippen molar-refractivity contribution >= 4 is 18.2 Å². The predicted octanol–water partition coefficient (Wildman–Crippen LogP) is 4.38. The second-order valence-electron chi connectivity index (χ2n) is 10.9. The topological polar surface area (TPSA) is 122 Å². The maximum Gasteiger partial charge on any atom is 0.413 e. The minimum Gasteiger partial charge on any atom is -0.490 e. The Bertz CT molecular complexity index is 945. The van der Waals surface area contributed by atoms with Crippen LogP contribution in [0.2, 0.25) is 0 Å². The average molecular weight is 553 g/mol. The summed E-state index contributed by atoms with van der Waals surface area (Å²) in [5, 5.41) is 2.55. The molecule has 1 fully saturated rings. The lowest BCUT2D eigenvalue weighted by atomic mass is 10.0. The highest BCUT2D eigenvalue weighted by Crippen LogP contribution is 2.27. The maximum absolute atomic E-state index is 13.0. The van der Waals surface area contributed by atoms with Crippen LogP contribution in [0.3, 0.4) is 0 Å². The number of nitrogens with zero attached hydrogens (tertiary/aromatic N) is 1. The second-order valence-corrected chi connectivity index (χ2v) is 10.9. The number of morpholine rings is 1. The van der Waals surface area contributed by atoms with Crippen LogP contribution >= 0.6 is 0 Å². The Labute approximate surface area is 231 Å². The summed E-state index contributed by atoms with van der Waals surface area (Å²) in [6.45, 7) is 15.7. The van der Waals surface area contributed by atoms with Gasteiger partial charge < -0.3 is 38.6 Å². The molecular formula is C28H44N2O9. The van der Waals surface area contributed by atoms with E-state index >= 15 is 0 Å². The number of hydrogen-bond donors (Lipinski definition) is 1. The summed E-state index contributed by atoms with van der Waals surface area (Å²) in [5.74, 6) is -0.115. The fourth-order valence-electron chi connectivity index (χ4n) is 3.60. The summed E-state index contributed by atoms with van der Waals surface area (Å²) in [6, 6.07) is 6.36. The van der Waals surface area contributed by atoms with E-state index in [-0.39, 0.29) is 31.1 Å². The first-order chi connectivity index (χ1) is 18.3. The van der Waals surface area contributed by atoms with Crippen LogP contribution in [0.15, 0.2) is 24.3 Å². The van der Waals surface area contributed by atoms with E-state index in [2.05, 4.69) is 5.32 Å². The number of carbonyl (C=O) groups excluding carboxylic acids is 3. The largest absolute Gasteiger partial charge is 0.490 e. The Morgan fingerprint density at radius 1 is 1.03 bits per heavy atom. The summed E-state index contributed by atoms with van der Waals surface area (Å²) >= 11 is 0. The number of benzene rings is 1. The van der Waals surface area contributed by atoms with Crippen molar-refractivity contribution in [2.24, 2.45) is 11.8 Å². The van der Waals surface area contributed by atoms with E-state index < -0.39 is 36.1 Å². The molecule has 3 atom stereocenters. The molecule has 1 heterocycles. The van der Waals surface area contributed by atoms with Crippen molar-refractivity contribution in [1.29, 1.82) is 0 Å². The quantitative estimate of drug-likeness (QED) is 0.315. The van der Waals surface area contributed by atoms with Gasteiger partial charge >= 0.3 is 18.2 Å². The number of carbonyl (C=O) groups is 3. The lowest BCUT2D eigenvalue weighted by molar-refractivity contribution is -0.181. The molecule has 1 aliphatic rings. The zero-order valence-electron chi connectivity index (χ0n) is 24.4. The summed E-state index contributed by atoms with van der Waals surface area (Å²) in [5.41, 5.74) is -0.723. The molecule has 0 radical (unpaired) electrons. The van der Waals surface area contributed by atoms with Gasteiger partial charge in [-0.05, 0) is 45.7 Å². The molecule has 1 saturated heterocycles. The minimum atomic E-state index is -1.15.